The van der Waals surface area contributed by atoms with Gasteiger partial charge in [-0.1, -0.05) is 51.5 Å². The summed E-state index contributed by atoms with van der Waals surface area (Å²) in [6, 6.07) is 0. The minimum Gasteiger partial charge on any atom is -0.453 e. The van der Waals surface area contributed by atoms with E-state index < -0.39 is 23.4 Å². The van der Waals surface area contributed by atoms with Gasteiger partial charge in [0.05, 0.1) is 24.3 Å². The lowest BCUT2D eigenvalue weighted by Gasteiger charge is -2.35. The van der Waals surface area contributed by atoms with Crippen molar-refractivity contribution in [2.45, 2.75) is 50.9 Å². The van der Waals surface area contributed by atoms with E-state index in [9.17, 15) is 19.5 Å². The lowest BCUT2D eigenvalue weighted by atomic mass is 9.74. The Bertz CT molecular complexity index is 1050. The monoisotopic (exact) mass is 530 g/mol. The summed E-state index contributed by atoms with van der Waals surface area (Å²) in [4.78, 5) is 36.1. The largest absolute Gasteiger partial charge is 0.453 e. The molecule has 2 atom stereocenters. The van der Waals surface area contributed by atoms with Crippen LogP contribution in [-0.2, 0) is 14.3 Å². The van der Waals surface area contributed by atoms with Crippen molar-refractivity contribution >= 4 is 39.4 Å². The molecule has 0 fully saturated rings. The summed E-state index contributed by atoms with van der Waals surface area (Å²) in [7, 11) is 4.44. The number of allylic oxidation sites excluding steroid dienone is 4. The van der Waals surface area contributed by atoms with Gasteiger partial charge in [0.15, 0.2) is 5.78 Å². The van der Waals surface area contributed by atoms with Crippen LogP contribution in [0.3, 0.4) is 0 Å². The number of hydrogen-bond acceptors (Lipinski definition) is 7. The fourth-order valence-electron chi connectivity index (χ4n) is 3.38. The summed E-state index contributed by atoms with van der Waals surface area (Å²) in [6.45, 7) is 11.7. The summed E-state index contributed by atoms with van der Waals surface area (Å²) in [5, 5.41) is 16.5. The van der Waals surface area contributed by atoms with Crippen molar-refractivity contribution < 1.29 is 24.2 Å². The van der Waals surface area contributed by atoms with E-state index in [1.807, 2.05) is 6.08 Å². The van der Waals surface area contributed by atoms with Crippen molar-refractivity contribution in [1.29, 1.82) is 0 Å². The van der Waals surface area contributed by atoms with Crippen LogP contribution in [0.5, 0.6) is 0 Å². The molecule has 2 amide bonds. The molecular weight excluding hydrogens is 496 g/mol. The van der Waals surface area contributed by atoms with Crippen LogP contribution in [0.25, 0.3) is 0 Å². The summed E-state index contributed by atoms with van der Waals surface area (Å²) >= 11 is 0. The number of nitrogens with one attached hydrogen (secondary N) is 2. The van der Waals surface area contributed by atoms with Gasteiger partial charge in [-0.3, -0.25) is 14.9 Å². The summed E-state index contributed by atoms with van der Waals surface area (Å²) in [5.74, 6) is 7.48. The molecule has 0 aromatic heterocycles. The second-order valence-electron chi connectivity index (χ2n) is 8.76. The molecule has 7 nitrogen and oxygen atoms in total. The van der Waals surface area contributed by atoms with Crippen LogP contribution >= 0.6 is 21.6 Å². The molecular formula is C27H34N2O5S2. The zero-order chi connectivity index (χ0) is 27.4. The fraction of sp³-hybridized carbons (Fsp3) is 0.444. The molecule has 36 heavy (non-hydrogen) atoms. The third kappa shape index (κ3) is 10.0. The van der Waals surface area contributed by atoms with Gasteiger partial charge >= 0.3 is 6.09 Å². The molecule has 1 aliphatic carbocycles. The van der Waals surface area contributed by atoms with Gasteiger partial charge in [-0.2, -0.15) is 0 Å². The van der Waals surface area contributed by atoms with Gasteiger partial charge < -0.3 is 15.2 Å². The maximum absolute atomic E-state index is 12.9. The molecule has 0 spiro atoms. The molecule has 0 saturated carbocycles. The number of carbonyl (C=O) groups is 3. The van der Waals surface area contributed by atoms with Crippen LogP contribution in [0.1, 0.15) is 40.5 Å². The van der Waals surface area contributed by atoms with E-state index in [0.29, 0.717) is 23.4 Å². The molecule has 0 aromatic rings. The Morgan fingerprint density at radius 2 is 2.08 bits per heavy atom. The van der Waals surface area contributed by atoms with Crippen LogP contribution in [0.4, 0.5) is 4.79 Å². The van der Waals surface area contributed by atoms with Gasteiger partial charge in [-0.25, -0.2) is 4.79 Å². The molecule has 0 bridgehead atoms. The fourth-order valence-corrected chi connectivity index (χ4v) is 5.81. The molecule has 194 valence electrons. The number of carbonyl (C=O) groups excluding carboxylic acids is 3. The number of aliphatic hydroxyl groups is 1. The van der Waals surface area contributed by atoms with Gasteiger partial charge in [0.1, 0.15) is 0 Å². The Morgan fingerprint density at radius 1 is 1.39 bits per heavy atom. The Balaban J connectivity index is 3.35. The topological polar surface area (TPSA) is 105 Å². The van der Waals surface area contributed by atoms with Crippen molar-refractivity contribution in [1.82, 2.24) is 10.6 Å². The third-order valence-corrected chi connectivity index (χ3v) is 8.32. The van der Waals surface area contributed by atoms with E-state index in [0.717, 1.165) is 6.42 Å². The molecule has 0 unspecified atom stereocenters. The number of ketones is 1. The van der Waals surface area contributed by atoms with E-state index in [4.69, 9.17) is 11.2 Å². The number of ether oxygens (including phenoxy) is 1. The first-order chi connectivity index (χ1) is 16.9. The Kier molecular flexibility index (Phi) is 12.7. The molecule has 1 rings (SSSR count). The quantitative estimate of drug-likeness (QED) is 0.170. The van der Waals surface area contributed by atoms with Gasteiger partial charge in [-0.15, -0.1) is 13.0 Å². The maximum Gasteiger partial charge on any atom is 0.411 e. The first-order valence-corrected chi connectivity index (χ1v) is 13.6. The van der Waals surface area contributed by atoms with Gasteiger partial charge in [-0.05, 0) is 44.9 Å². The van der Waals surface area contributed by atoms with Crippen LogP contribution < -0.4 is 10.6 Å². The SMILES string of the molecule is C#C/C=C\C#C[C@H](C=C)C1=C(NC(=O)OC)C(=O)C[C@](C)(O)/C1=C/CSSC(C)(C)CCNC(C)=O. The predicted molar refractivity (Wildman–Crippen MR) is 148 cm³/mol. The second kappa shape index (κ2) is 14.6. The van der Waals surface area contributed by atoms with E-state index in [1.165, 1.54) is 26.2 Å². The number of alkyl carbamates (subject to hydrolysis) is 1. The minimum atomic E-state index is -1.47. The zero-order valence-electron chi connectivity index (χ0n) is 21.4. The summed E-state index contributed by atoms with van der Waals surface area (Å²) in [5.41, 5.74) is -0.600. The number of Topliss-reactive ketones (excluding diaryl/α,β-unsaturated/α-hetero) is 1. The molecule has 0 heterocycles. The van der Waals surface area contributed by atoms with Gasteiger partial charge in [0.2, 0.25) is 5.91 Å². The van der Waals surface area contributed by atoms with Crippen molar-refractivity contribution in [3.8, 4) is 24.2 Å². The first kappa shape index (κ1) is 31.2. The smallest absolute Gasteiger partial charge is 0.411 e. The number of methoxy groups -OCH3 is 1. The van der Waals surface area contributed by atoms with E-state index in [2.05, 4.69) is 48.8 Å². The average molecular weight is 531 g/mol. The van der Waals surface area contributed by atoms with Crippen LogP contribution in [-0.4, -0.2) is 52.6 Å². The Hall–Kier alpha value is -2.85. The molecule has 9 heteroatoms. The van der Waals surface area contributed by atoms with Crippen LogP contribution in [0.15, 0.2) is 47.7 Å². The second-order valence-corrected chi connectivity index (χ2v) is 11.8. The number of rotatable bonds is 10. The van der Waals surface area contributed by atoms with Gasteiger partial charge in [0.25, 0.3) is 0 Å². The highest BCUT2D eigenvalue weighted by Gasteiger charge is 2.41. The lowest BCUT2D eigenvalue weighted by Crippen LogP contribution is -2.42. The average Bonchev–Trinajstić information content (AvgIpc) is 2.79. The highest BCUT2D eigenvalue weighted by atomic mass is 33.1. The maximum atomic E-state index is 12.9. The van der Waals surface area contributed by atoms with Crippen molar-refractivity contribution in [2.75, 3.05) is 19.4 Å². The van der Waals surface area contributed by atoms with Crippen LogP contribution in [0, 0.1) is 30.1 Å². The molecule has 0 radical (unpaired) electrons. The van der Waals surface area contributed by atoms with Crippen molar-refractivity contribution in [3.63, 3.8) is 0 Å². The first-order valence-electron chi connectivity index (χ1n) is 11.2. The molecule has 1 aliphatic rings. The Labute approximate surface area is 222 Å². The zero-order valence-corrected chi connectivity index (χ0v) is 23.0. The predicted octanol–water partition coefficient (Wildman–Crippen LogP) is 3.93. The van der Waals surface area contributed by atoms with Crippen LogP contribution in [0.2, 0.25) is 0 Å². The molecule has 0 saturated heterocycles. The summed E-state index contributed by atoms with van der Waals surface area (Å²) < 4.78 is 4.59. The molecule has 3 N–H and O–H groups in total. The van der Waals surface area contributed by atoms with Crippen molar-refractivity contribution in [2.24, 2.45) is 5.92 Å². The number of hydrogen-bond donors (Lipinski definition) is 3. The number of amides is 2. The highest BCUT2D eigenvalue weighted by Crippen LogP contribution is 2.41. The Morgan fingerprint density at radius 3 is 2.67 bits per heavy atom. The van der Waals surface area contributed by atoms with Crippen molar-refractivity contribution in [3.05, 3.63) is 47.7 Å². The molecule has 0 aromatic carbocycles. The van der Waals surface area contributed by atoms with Gasteiger partial charge in [0, 0.05) is 36.0 Å². The standard InChI is InChI=1S/C27H34N2O5S2/c1-8-10-11-12-13-20(9-2)23-21(14-17-35-36-26(4,5)15-16-28-19(3)30)27(6,33)18-22(31)24(23)29-25(32)34-7/h1,9-11,14,20,33H,2,15-18H2,3-7H3,(H,28,30)(H,29,32)/b11-10-,21-14+/t20-,27-/m0/s1. The molecule has 0 aliphatic heterocycles. The minimum absolute atomic E-state index is 0.0213. The van der Waals surface area contributed by atoms with E-state index in [-0.39, 0.29) is 22.8 Å². The number of terminal acetylenes is 1. The summed E-state index contributed by atoms with van der Waals surface area (Å²) in [6.07, 6.45) is 11.3. The third-order valence-electron chi connectivity index (χ3n) is 5.13. The van der Waals surface area contributed by atoms with E-state index in [1.54, 1.807) is 34.6 Å². The normalized spacial score (nSPS) is 19.8. The highest BCUT2D eigenvalue weighted by molar-refractivity contribution is 8.77. The van der Waals surface area contributed by atoms with E-state index >= 15 is 0 Å². The lowest BCUT2D eigenvalue weighted by molar-refractivity contribution is -0.120.